The van der Waals surface area contributed by atoms with E-state index in [0.717, 1.165) is 6.42 Å². The number of rotatable bonds is 11. The topological polar surface area (TPSA) is 72.5 Å². The summed E-state index contributed by atoms with van der Waals surface area (Å²) in [5.74, 6) is -0.972. The zero-order chi connectivity index (χ0) is 13.1. The molecular weight excluding hydrogens is 218 g/mol. The van der Waals surface area contributed by atoms with Crippen LogP contribution < -0.4 is 5.73 Å². The van der Waals surface area contributed by atoms with Crippen molar-refractivity contribution in [2.24, 2.45) is 5.73 Å². The van der Waals surface area contributed by atoms with Crippen molar-refractivity contribution in [2.75, 3.05) is 13.2 Å². The van der Waals surface area contributed by atoms with E-state index in [1.807, 2.05) is 0 Å². The van der Waals surface area contributed by atoms with Crippen LogP contribution in [0.3, 0.4) is 0 Å². The minimum atomic E-state index is -1.17. The Morgan fingerprint density at radius 2 is 1.76 bits per heavy atom. The zero-order valence-electron chi connectivity index (χ0n) is 11.2. The van der Waals surface area contributed by atoms with E-state index in [1.165, 1.54) is 39.0 Å². The molecule has 0 rings (SSSR count). The van der Waals surface area contributed by atoms with Crippen molar-refractivity contribution in [3.05, 3.63) is 0 Å². The van der Waals surface area contributed by atoms with Crippen LogP contribution in [0.15, 0.2) is 0 Å². The Bertz CT molecular complexity index is 205. The monoisotopic (exact) mass is 245 g/mol. The third-order valence-electron chi connectivity index (χ3n) is 2.90. The number of carboxylic acids is 1. The van der Waals surface area contributed by atoms with Gasteiger partial charge >= 0.3 is 5.97 Å². The first-order valence-electron chi connectivity index (χ1n) is 6.60. The summed E-state index contributed by atoms with van der Waals surface area (Å²) in [6.07, 6.45) is 7.75. The summed E-state index contributed by atoms with van der Waals surface area (Å²) in [4.78, 5) is 10.7. The maximum atomic E-state index is 10.7. The summed E-state index contributed by atoms with van der Waals surface area (Å²) in [5.41, 5.74) is 4.41. The number of ether oxygens (including phenoxy) is 1. The molecule has 1 atom stereocenters. The second kappa shape index (κ2) is 9.42. The molecule has 0 aliphatic rings. The van der Waals surface area contributed by atoms with E-state index in [9.17, 15) is 4.79 Å². The van der Waals surface area contributed by atoms with Crippen LogP contribution in [0, 0.1) is 0 Å². The molecule has 0 heterocycles. The van der Waals surface area contributed by atoms with E-state index >= 15 is 0 Å². The average molecular weight is 245 g/mol. The summed E-state index contributed by atoms with van der Waals surface area (Å²) in [5, 5.41) is 8.78. The number of hydrogen-bond acceptors (Lipinski definition) is 3. The van der Waals surface area contributed by atoms with Gasteiger partial charge in [-0.15, -0.1) is 0 Å². The Morgan fingerprint density at radius 3 is 2.35 bits per heavy atom. The minimum Gasteiger partial charge on any atom is -0.480 e. The molecule has 0 aliphatic carbocycles. The normalized spacial score (nSPS) is 14.5. The first-order chi connectivity index (χ1) is 8.00. The molecule has 4 heteroatoms. The van der Waals surface area contributed by atoms with E-state index < -0.39 is 11.5 Å². The van der Waals surface area contributed by atoms with Gasteiger partial charge in [0.25, 0.3) is 0 Å². The van der Waals surface area contributed by atoms with Gasteiger partial charge in [0.2, 0.25) is 0 Å². The van der Waals surface area contributed by atoms with Crippen molar-refractivity contribution in [1.29, 1.82) is 0 Å². The Labute approximate surface area is 105 Å². The molecule has 0 radical (unpaired) electrons. The average Bonchev–Trinajstić information content (AvgIpc) is 2.26. The Balaban J connectivity index is 3.27. The molecule has 4 nitrogen and oxygen atoms in total. The Kier molecular flexibility index (Phi) is 9.09. The van der Waals surface area contributed by atoms with E-state index in [2.05, 4.69) is 6.92 Å². The molecule has 0 spiro atoms. The lowest BCUT2D eigenvalue weighted by Gasteiger charge is -2.18. The van der Waals surface area contributed by atoms with Crippen LogP contribution in [0.2, 0.25) is 0 Å². The minimum absolute atomic E-state index is 0.359. The SMILES string of the molecule is CCCCCCCCOCCC(C)(N)C(=O)O. The molecule has 102 valence electrons. The number of nitrogens with two attached hydrogens (primary N) is 1. The van der Waals surface area contributed by atoms with Crippen LogP contribution in [0.5, 0.6) is 0 Å². The second-order valence-corrected chi connectivity index (χ2v) is 4.85. The molecule has 0 aliphatic heterocycles. The number of hydrogen-bond donors (Lipinski definition) is 2. The standard InChI is InChI=1S/C13H27NO3/c1-3-4-5-6-7-8-10-17-11-9-13(2,14)12(15)16/h3-11,14H2,1-2H3,(H,15,16). The van der Waals surface area contributed by atoms with Crippen LogP contribution in [-0.4, -0.2) is 29.8 Å². The van der Waals surface area contributed by atoms with Crippen molar-refractivity contribution in [1.82, 2.24) is 0 Å². The molecule has 0 bridgehead atoms. The maximum Gasteiger partial charge on any atom is 0.323 e. The largest absolute Gasteiger partial charge is 0.480 e. The molecule has 3 N–H and O–H groups in total. The molecule has 0 aromatic rings. The van der Waals surface area contributed by atoms with Gasteiger partial charge in [0.1, 0.15) is 5.54 Å². The van der Waals surface area contributed by atoms with Crippen LogP contribution in [0.25, 0.3) is 0 Å². The predicted molar refractivity (Wildman–Crippen MR) is 69.0 cm³/mol. The fourth-order valence-electron chi connectivity index (χ4n) is 1.48. The summed E-state index contributed by atoms with van der Waals surface area (Å²) in [7, 11) is 0. The van der Waals surface area contributed by atoms with Gasteiger partial charge in [-0.1, -0.05) is 39.0 Å². The fraction of sp³-hybridized carbons (Fsp3) is 0.923. The highest BCUT2D eigenvalue weighted by Gasteiger charge is 2.27. The van der Waals surface area contributed by atoms with Crippen LogP contribution in [0.4, 0.5) is 0 Å². The molecule has 17 heavy (non-hydrogen) atoms. The van der Waals surface area contributed by atoms with Crippen LogP contribution in [0.1, 0.15) is 58.8 Å². The number of carboxylic acid groups (broad SMARTS) is 1. The molecular formula is C13H27NO3. The quantitative estimate of drug-likeness (QED) is 0.549. The van der Waals surface area contributed by atoms with E-state index in [-0.39, 0.29) is 0 Å². The smallest absolute Gasteiger partial charge is 0.323 e. The zero-order valence-corrected chi connectivity index (χ0v) is 11.2. The highest BCUT2D eigenvalue weighted by atomic mass is 16.5. The molecule has 0 aromatic heterocycles. The van der Waals surface area contributed by atoms with Crippen molar-refractivity contribution in [2.45, 2.75) is 64.3 Å². The van der Waals surface area contributed by atoms with Gasteiger partial charge < -0.3 is 15.6 Å². The van der Waals surface area contributed by atoms with E-state index in [4.69, 9.17) is 15.6 Å². The third-order valence-corrected chi connectivity index (χ3v) is 2.90. The maximum absolute atomic E-state index is 10.7. The highest BCUT2D eigenvalue weighted by molar-refractivity contribution is 5.77. The number of aliphatic carboxylic acids is 1. The van der Waals surface area contributed by atoms with E-state index in [1.54, 1.807) is 0 Å². The Hall–Kier alpha value is -0.610. The third kappa shape index (κ3) is 9.12. The molecule has 0 aromatic carbocycles. The van der Waals surface area contributed by atoms with E-state index in [0.29, 0.717) is 19.6 Å². The van der Waals surface area contributed by atoms with Crippen LogP contribution >= 0.6 is 0 Å². The summed E-state index contributed by atoms with van der Waals surface area (Å²) in [6, 6.07) is 0. The second-order valence-electron chi connectivity index (χ2n) is 4.85. The Morgan fingerprint density at radius 1 is 1.18 bits per heavy atom. The fourth-order valence-corrected chi connectivity index (χ4v) is 1.48. The molecule has 1 unspecified atom stereocenters. The molecule has 0 saturated carbocycles. The van der Waals surface area contributed by atoms with Gasteiger partial charge in [0.15, 0.2) is 0 Å². The van der Waals surface area contributed by atoms with Crippen LogP contribution in [-0.2, 0) is 9.53 Å². The lowest BCUT2D eigenvalue weighted by molar-refractivity contribution is -0.143. The van der Waals surface area contributed by atoms with Gasteiger partial charge in [0.05, 0.1) is 0 Å². The number of carbonyl (C=O) groups is 1. The van der Waals surface area contributed by atoms with Crippen molar-refractivity contribution in [3.63, 3.8) is 0 Å². The van der Waals surface area contributed by atoms with Gasteiger partial charge in [0, 0.05) is 13.2 Å². The van der Waals surface area contributed by atoms with Crippen molar-refractivity contribution in [3.8, 4) is 0 Å². The summed E-state index contributed by atoms with van der Waals surface area (Å²) >= 11 is 0. The molecule has 0 amide bonds. The molecule has 0 fully saturated rings. The van der Waals surface area contributed by atoms with Gasteiger partial charge in [-0.05, 0) is 19.8 Å². The lowest BCUT2D eigenvalue weighted by atomic mass is 10.0. The van der Waals surface area contributed by atoms with Gasteiger partial charge in [-0.2, -0.15) is 0 Å². The van der Waals surface area contributed by atoms with Crippen molar-refractivity contribution < 1.29 is 14.6 Å². The first kappa shape index (κ1) is 16.4. The first-order valence-corrected chi connectivity index (χ1v) is 6.60. The van der Waals surface area contributed by atoms with Crippen molar-refractivity contribution >= 4 is 5.97 Å². The lowest BCUT2D eigenvalue weighted by Crippen LogP contribution is -2.45. The predicted octanol–water partition coefficient (Wildman–Crippen LogP) is 2.56. The summed E-state index contributed by atoms with van der Waals surface area (Å²) in [6.45, 7) is 4.86. The van der Waals surface area contributed by atoms with Gasteiger partial charge in [-0.3, -0.25) is 4.79 Å². The van der Waals surface area contributed by atoms with Gasteiger partial charge in [-0.25, -0.2) is 0 Å². The summed E-state index contributed by atoms with van der Waals surface area (Å²) < 4.78 is 5.38. The molecule has 0 saturated heterocycles. The number of unbranched alkanes of at least 4 members (excludes halogenated alkanes) is 5. The highest BCUT2D eigenvalue weighted by Crippen LogP contribution is 2.07.